The van der Waals surface area contributed by atoms with Crippen LogP contribution in [-0.2, 0) is 5.41 Å². The molecule has 0 saturated heterocycles. The summed E-state index contributed by atoms with van der Waals surface area (Å²) in [6, 6.07) is 12.9. The van der Waals surface area contributed by atoms with Gasteiger partial charge in [-0.15, -0.1) is 0 Å². The Morgan fingerprint density at radius 1 is 1.12 bits per heavy atom. The maximum Gasteiger partial charge on any atom is 0.0873 e. The van der Waals surface area contributed by atoms with Crippen molar-refractivity contribution in [2.75, 3.05) is 0 Å². The first-order chi connectivity index (χ1) is 8.13. The van der Waals surface area contributed by atoms with Crippen molar-refractivity contribution in [1.82, 2.24) is 0 Å². The van der Waals surface area contributed by atoms with Gasteiger partial charge in [-0.05, 0) is 17.4 Å². The lowest BCUT2D eigenvalue weighted by atomic mass is 9.63. The minimum atomic E-state index is -0.342. The van der Waals surface area contributed by atoms with E-state index in [0.717, 1.165) is 12.8 Å². The van der Waals surface area contributed by atoms with Gasteiger partial charge in [0.2, 0.25) is 0 Å². The van der Waals surface area contributed by atoms with E-state index in [9.17, 15) is 5.26 Å². The summed E-state index contributed by atoms with van der Waals surface area (Å²) in [7, 11) is 0. The van der Waals surface area contributed by atoms with E-state index in [4.69, 9.17) is 0 Å². The van der Waals surface area contributed by atoms with Crippen LogP contribution >= 0.6 is 0 Å². The first kappa shape index (κ1) is 13.8. The molecule has 0 aliphatic carbocycles. The second-order valence-corrected chi connectivity index (χ2v) is 5.01. The third-order valence-corrected chi connectivity index (χ3v) is 3.98. The standard InChI is InChI=1S/C16H23N/c1-5-14(6-2)16(12-17,13(3)4)15-10-8-7-9-11-15/h7-11,13-14H,5-6H2,1-4H3. The smallest absolute Gasteiger partial charge is 0.0873 e. The molecule has 0 bridgehead atoms. The minimum absolute atomic E-state index is 0.333. The molecule has 0 fully saturated rings. The zero-order valence-electron chi connectivity index (χ0n) is 11.4. The Balaban J connectivity index is 3.34. The first-order valence-electron chi connectivity index (χ1n) is 6.60. The molecule has 0 heterocycles. The van der Waals surface area contributed by atoms with Crippen LogP contribution in [0.25, 0.3) is 0 Å². The monoisotopic (exact) mass is 229 g/mol. The summed E-state index contributed by atoms with van der Waals surface area (Å²) in [5, 5.41) is 9.78. The van der Waals surface area contributed by atoms with Gasteiger partial charge >= 0.3 is 0 Å². The summed E-state index contributed by atoms with van der Waals surface area (Å²) in [4.78, 5) is 0. The van der Waals surface area contributed by atoms with Crippen LogP contribution in [0.1, 0.15) is 46.1 Å². The van der Waals surface area contributed by atoms with E-state index < -0.39 is 0 Å². The van der Waals surface area contributed by atoms with E-state index in [0.29, 0.717) is 11.8 Å². The van der Waals surface area contributed by atoms with Crippen molar-refractivity contribution in [2.45, 2.75) is 46.0 Å². The molecule has 0 amide bonds. The molecule has 0 radical (unpaired) electrons. The van der Waals surface area contributed by atoms with Crippen molar-refractivity contribution < 1.29 is 0 Å². The molecule has 0 N–H and O–H groups in total. The van der Waals surface area contributed by atoms with Crippen molar-refractivity contribution in [3.63, 3.8) is 0 Å². The van der Waals surface area contributed by atoms with Gasteiger partial charge in [0.1, 0.15) is 0 Å². The normalized spacial score (nSPS) is 14.6. The van der Waals surface area contributed by atoms with Crippen molar-refractivity contribution in [3.05, 3.63) is 35.9 Å². The van der Waals surface area contributed by atoms with E-state index in [1.807, 2.05) is 18.2 Å². The number of benzene rings is 1. The van der Waals surface area contributed by atoms with Gasteiger partial charge in [0, 0.05) is 0 Å². The Hall–Kier alpha value is -1.29. The summed E-state index contributed by atoms with van der Waals surface area (Å²) in [6.45, 7) is 8.69. The SMILES string of the molecule is CCC(CC)C(C#N)(c1ccccc1)C(C)C. The third kappa shape index (κ3) is 2.36. The number of nitrogens with zero attached hydrogens (tertiary/aromatic N) is 1. The van der Waals surface area contributed by atoms with Crippen molar-refractivity contribution in [3.8, 4) is 6.07 Å². The lowest BCUT2D eigenvalue weighted by molar-refractivity contribution is 0.244. The number of nitriles is 1. The fraction of sp³-hybridized carbons (Fsp3) is 0.562. The lowest BCUT2D eigenvalue weighted by Crippen LogP contribution is -2.38. The van der Waals surface area contributed by atoms with Crippen LogP contribution in [-0.4, -0.2) is 0 Å². The molecular weight excluding hydrogens is 206 g/mol. The van der Waals surface area contributed by atoms with Gasteiger partial charge in [-0.25, -0.2) is 0 Å². The van der Waals surface area contributed by atoms with E-state index in [1.54, 1.807) is 0 Å². The van der Waals surface area contributed by atoms with Gasteiger partial charge in [-0.3, -0.25) is 0 Å². The first-order valence-corrected chi connectivity index (χ1v) is 6.60. The molecular formula is C16H23N. The highest BCUT2D eigenvalue weighted by atomic mass is 14.5. The average molecular weight is 229 g/mol. The zero-order valence-corrected chi connectivity index (χ0v) is 11.4. The molecule has 0 aliphatic rings. The fourth-order valence-electron chi connectivity index (χ4n) is 2.97. The van der Waals surface area contributed by atoms with E-state index in [1.165, 1.54) is 5.56 Å². The highest BCUT2D eigenvalue weighted by Crippen LogP contribution is 2.42. The van der Waals surface area contributed by atoms with Crippen LogP contribution in [0.3, 0.4) is 0 Å². The second kappa shape index (κ2) is 5.87. The molecule has 1 rings (SSSR count). The van der Waals surface area contributed by atoms with Crippen molar-refractivity contribution >= 4 is 0 Å². The molecule has 1 aromatic carbocycles. The Labute approximate surface area is 105 Å². The van der Waals surface area contributed by atoms with Gasteiger partial charge in [0.15, 0.2) is 0 Å². The molecule has 0 aliphatic heterocycles. The molecule has 1 aromatic rings. The van der Waals surface area contributed by atoms with Gasteiger partial charge in [0.05, 0.1) is 11.5 Å². The number of hydrogen-bond acceptors (Lipinski definition) is 1. The summed E-state index contributed by atoms with van der Waals surface area (Å²) in [5.74, 6) is 0.759. The van der Waals surface area contributed by atoms with Crippen LogP contribution in [0.2, 0.25) is 0 Å². The molecule has 0 saturated carbocycles. The molecule has 17 heavy (non-hydrogen) atoms. The highest BCUT2D eigenvalue weighted by molar-refractivity contribution is 5.34. The Morgan fingerprint density at radius 2 is 1.65 bits per heavy atom. The van der Waals surface area contributed by atoms with Crippen molar-refractivity contribution in [2.24, 2.45) is 11.8 Å². The van der Waals surface area contributed by atoms with Crippen LogP contribution in [0.15, 0.2) is 30.3 Å². The van der Waals surface area contributed by atoms with Crippen LogP contribution in [0.5, 0.6) is 0 Å². The van der Waals surface area contributed by atoms with Gasteiger partial charge in [0.25, 0.3) is 0 Å². The van der Waals surface area contributed by atoms with E-state index >= 15 is 0 Å². The Bertz CT molecular complexity index is 370. The van der Waals surface area contributed by atoms with Crippen LogP contribution < -0.4 is 0 Å². The quantitative estimate of drug-likeness (QED) is 0.727. The summed E-state index contributed by atoms with van der Waals surface area (Å²) < 4.78 is 0. The Morgan fingerprint density at radius 3 is 2.00 bits per heavy atom. The minimum Gasteiger partial charge on any atom is -0.197 e. The highest BCUT2D eigenvalue weighted by Gasteiger charge is 2.41. The average Bonchev–Trinajstić information content (AvgIpc) is 2.36. The molecule has 0 spiro atoms. The largest absolute Gasteiger partial charge is 0.197 e. The number of rotatable bonds is 5. The summed E-state index contributed by atoms with van der Waals surface area (Å²) >= 11 is 0. The number of hydrogen-bond donors (Lipinski definition) is 0. The topological polar surface area (TPSA) is 23.8 Å². The predicted molar refractivity (Wildman–Crippen MR) is 72.6 cm³/mol. The lowest BCUT2D eigenvalue weighted by Gasteiger charge is -2.38. The van der Waals surface area contributed by atoms with Crippen molar-refractivity contribution in [1.29, 1.82) is 5.26 Å². The molecule has 0 aromatic heterocycles. The van der Waals surface area contributed by atoms with Crippen LogP contribution in [0, 0.1) is 23.2 Å². The molecule has 1 unspecified atom stereocenters. The van der Waals surface area contributed by atoms with Gasteiger partial charge in [-0.1, -0.05) is 70.9 Å². The maximum absolute atomic E-state index is 9.78. The second-order valence-electron chi connectivity index (χ2n) is 5.01. The molecule has 1 heteroatoms. The molecule has 92 valence electrons. The predicted octanol–water partition coefficient (Wildman–Crippen LogP) is 4.54. The van der Waals surface area contributed by atoms with Gasteiger partial charge in [-0.2, -0.15) is 5.26 Å². The summed E-state index contributed by atoms with van der Waals surface area (Å²) in [5.41, 5.74) is 0.830. The summed E-state index contributed by atoms with van der Waals surface area (Å²) in [6.07, 6.45) is 2.11. The fourth-order valence-corrected chi connectivity index (χ4v) is 2.97. The zero-order chi connectivity index (χ0) is 12.9. The Kier molecular flexibility index (Phi) is 4.75. The van der Waals surface area contributed by atoms with E-state index in [-0.39, 0.29) is 5.41 Å². The molecule has 1 atom stereocenters. The third-order valence-electron chi connectivity index (χ3n) is 3.98. The maximum atomic E-state index is 9.78. The van der Waals surface area contributed by atoms with Gasteiger partial charge < -0.3 is 0 Å². The van der Waals surface area contributed by atoms with Crippen LogP contribution in [0.4, 0.5) is 0 Å². The van der Waals surface area contributed by atoms with E-state index in [2.05, 4.69) is 45.9 Å². The molecule has 1 nitrogen and oxygen atoms in total.